The molecule has 0 aliphatic carbocycles. The summed E-state index contributed by atoms with van der Waals surface area (Å²) in [6.07, 6.45) is 0.845. The Labute approximate surface area is 184 Å². The van der Waals surface area contributed by atoms with Crippen LogP contribution in [0.5, 0.6) is 5.75 Å². The molecule has 0 saturated carbocycles. The van der Waals surface area contributed by atoms with Crippen LogP contribution in [-0.2, 0) is 17.8 Å². The van der Waals surface area contributed by atoms with Crippen molar-refractivity contribution in [2.24, 2.45) is 4.99 Å². The van der Waals surface area contributed by atoms with E-state index in [0.29, 0.717) is 19.0 Å². The number of guanidine groups is 1. The maximum Gasteiger partial charge on any atom is 0.241 e. The molecule has 0 bridgehead atoms. The molecule has 0 fully saturated rings. The van der Waals surface area contributed by atoms with Crippen molar-refractivity contribution in [3.63, 3.8) is 0 Å². The van der Waals surface area contributed by atoms with E-state index in [1.54, 1.807) is 26.1 Å². The van der Waals surface area contributed by atoms with Gasteiger partial charge in [0.2, 0.25) is 5.91 Å². The maximum atomic E-state index is 11.8. The molecule has 28 heavy (non-hydrogen) atoms. The Kier molecular flexibility index (Phi) is 11.0. The van der Waals surface area contributed by atoms with E-state index in [0.717, 1.165) is 17.7 Å². The van der Waals surface area contributed by atoms with Crippen molar-refractivity contribution in [1.29, 1.82) is 0 Å². The van der Waals surface area contributed by atoms with Crippen LogP contribution < -0.4 is 15.4 Å². The standard InChI is InChI=1S/C21H28N4O2.HI/c1-25(2)20(26)16-24-21(23-15-18-7-5-4-6-8-18)22-14-13-17-9-11-19(27-3)12-10-17;/h4-12H,13-16H2,1-3H3,(H2,22,23,24);1H. The van der Waals surface area contributed by atoms with Crippen LogP contribution in [0.2, 0.25) is 0 Å². The second-order valence-corrected chi connectivity index (χ2v) is 6.32. The van der Waals surface area contributed by atoms with Gasteiger partial charge in [0.05, 0.1) is 20.2 Å². The number of carbonyl (C=O) groups excluding carboxylic acids is 1. The number of halogens is 1. The first-order valence-corrected chi connectivity index (χ1v) is 8.97. The quantitative estimate of drug-likeness (QED) is 0.335. The van der Waals surface area contributed by atoms with Crippen LogP contribution in [0.25, 0.3) is 0 Å². The van der Waals surface area contributed by atoms with Crippen molar-refractivity contribution in [2.75, 3.05) is 34.3 Å². The maximum absolute atomic E-state index is 11.8. The van der Waals surface area contributed by atoms with Crippen molar-refractivity contribution in [1.82, 2.24) is 15.5 Å². The van der Waals surface area contributed by atoms with Crippen LogP contribution >= 0.6 is 24.0 Å². The van der Waals surface area contributed by atoms with Crippen LogP contribution in [0.15, 0.2) is 59.6 Å². The van der Waals surface area contributed by atoms with Gasteiger partial charge in [-0.05, 0) is 29.7 Å². The number of carbonyl (C=O) groups is 1. The number of methoxy groups -OCH3 is 1. The molecular weight excluding hydrogens is 467 g/mol. The highest BCUT2D eigenvalue weighted by molar-refractivity contribution is 14.0. The van der Waals surface area contributed by atoms with E-state index in [1.165, 1.54) is 5.56 Å². The Morgan fingerprint density at radius 2 is 1.68 bits per heavy atom. The van der Waals surface area contributed by atoms with Crippen LogP contribution in [0.3, 0.4) is 0 Å². The minimum Gasteiger partial charge on any atom is -0.497 e. The predicted molar refractivity (Wildman–Crippen MR) is 124 cm³/mol. The van der Waals surface area contributed by atoms with Gasteiger partial charge >= 0.3 is 0 Å². The first-order chi connectivity index (χ1) is 13.1. The minimum absolute atomic E-state index is 0. The van der Waals surface area contributed by atoms with Crippen LogP contribution in [-0.4, -0.2) is 51.1 Å². The molecule has 6 nitrogen and oxygen atoms in total. The molecule has 152 valence electrons. The summed E-state index contributed by atoms with van der Waals surface area (Å²) in [5, 5.41) is 6.40. The summed E-state index contributed by atoms with van der Waals surface area (Å²) >= 11 is 0. The van der Waals surface area contributed by atoms with E-state index in [2.05, 4.69) is 15.6 Å². The lowest BCUT2D eigenvalue weighted by Gasteiger charge is -2.15. The SMILES string of the molecule is COc1ccc(CCNC(=NCc2ccccc2)NCC(=O)N(C)C)cc1.I. The van der Waals surface area contributed by atoms with E-state index >= 15 is 0 Å². The Balaban J connectivity index is 0.00000392. The van der Waals surface area contributed by atoms with Crippen molar-refractivity contribution in [3.05, 3.63) is 65.7 Å². The van der Waals surface area contributed by atoms with E-state index in [9.17, 15) is 4.79 Å². The molecule has 0 aliphatic heterocycles. The summed E-state index contributed by atoms with van der Waals surface area (Å²) in [5.41, 5.74) is 2.32. The summed E-state index contributed by atoms with van der Waals surface area (Å²) in [4.78, 5) is 18.0. The zero-order valence-electron chi connectivity index (χ0n) is 16.6. The summed E-state index contributed by atoms with van der Waals surface area (Å²) in [5.74, 6) is 1.47. The first kappa shape index (κ1) is 23.7. The number of rotatable bonds is 8. The number of benzene rings is 2. The fourth-order valence-electron chi connectivity index (χ4n) is 2.36. The number of likely N-dealkylation sites (N-methyl/N-ethyl adjacent to an activating group) is 1. The van der Waals surface area contributed by atoms with Gasteiger partial charge in [0.15, 0.2) is 5.96 Å². The van der Waals surface area contributed by atoms with Crippen LogP contribution in [0.1, 0.15) is 11.1 Å². The number of nitrogens with zero attached hydrogens (tertiary/aromatic N) is 2. The molecule has 7 heteroatoms. The highest BCUT2D eigenvalue weighted by Gasteiger charge is 2.06. The Morgan fingerprint density at radius 3 is 2.29 bits per heavy atom. The molecule has 2 aromatic carbocycles. The molecule has 0 heterocycles. The Hall–Kier alpha value is -2.29. The van der Waals surface area contributed by atoms with E-state index < -0.39 is 0 Å². The number of aliphatic imine (C=N–C) groups is 1. The zero-order chi connectivity index (χ0) is 19.5. The molecule has 0 aromatic heterocycles. The fraction of sp³-hybridized carbons (Fsp3) is 0.333. The second kappa shape index (κ2) is 13.0. The number of hydrogen-bond donors (Lipinski definition) is 2. The average Bonchev–Trinajstić information content (AvgIpc) is 2.70. The van der Waals surface area contributed by atoms with Gasteiger partial charge in [-0.1, -0.05) is 42.5 Å². The average molecular weight is 496 g/mol. The second-order valence-electron chi connectivity index (χ2n) is 6.32. The third-order valence-electron chi connectivity index (χ3n) is 4.03. The monoisotopic (exact) mass is 496 g/mol. The molecule has 0 atom stereocenters. The predicted octanol–water partition coefficient (Wildman–Crippen LogP) is 2.68. The molecule has 2 N–H and O–H groups in total. The lowest BCUT2D eigenvalue weighted by atomic mass is 10.1. The van der Waals surface area contributed by atoms with Gasteiger partial charge in [-0.25, -0.2) is 4.99 Å². The van der Waals surface area contributed by atoms with Crippen LogP contribution in [0.4, 0.5) is 0 Å². The summed E-state index contributed by atoms with van der Waals surface area (Å²) in [6.45, 7) is 1.47. The highest BCUT2D eigenvalue weighted by Crippen LogP contribution is 2.11. The number of ether oxygens (including phenoxy) is 1. The molecule has 0 saturated heterocycles. The topological polar surface area (TPSA) is 66.0 Å². The summed E-state index contributed by atoms with van der Waals surface area (Å²) in [7, 11) is 5.14. The van der Waals surface area contributed by atoms with Crippen molar-refractivity contribution >= 4 is 35.8 Å². The molecule has 2 aromatic rings. The zero-order valence-corrected chi connectivity index (χ0v) is 19.0. The van der Waals surface area contributed by atoms with Gasteiger partial charge in [-0.3, -0.25) is 4.79 Å². The first-order valence-electron chi connectivity index (χ1n) is 8.97. The van der Waals surface area contributed by atoms with Gasteiger partial charge in [0.1, 0.15) is 5.75 Å². The smallest absolute Gasteiger partial charge is 0.241 e. The van der Waals surface area contributed by atoms with Crippen molar-refractivity contribution in [2.45, 2.75) is 13.0 Å². The molecule has 0 spiro atoms. The third kappa shape index (κ3) is 8.60. The highest BCUT2D eigenvalue weighted by atomic mass is 127. The number of amides is 1. The van der Waals surface area contributed by atoms with Crippen molar-refractivity contribution in [3.8, 4) is 5.75 Å². The molecular formula is C21H29IN4O2. The molecule has 0 radical (unpaired) electrons. The number of hydrogen-bond acceptors (Lipinski definition) is 3. The van der Waals surface area contributed by atoms with E-state index in [-0.39, 0.29) is 36.4 Å². The largest absolute Gasteiger partial charge is 0.497 e. The summed E-state index contributed by atoms with van der Waals surface area (Å²) < 4.78 is 5.18. The van der Waals surface area contributed by atoms with Gasteiger partial charge in [-0.15, -0.1) is 24.0 Å². The Bertz CT molecular complexity index is 734. The lowest BCUT2D eigenvalue weighted by Crippen LogP contribution is -2.43. The van der Waals surface area contributed by atoms with E-state index in [4.69, 9.17) is 4.74 Å². The third-order valence-corrected chi connectivity index (χ3v) is 4.03. The van der Waals surface area contributed by atoms with Gasteiger partial charge in [-0.2, -0.15) is 0 Å². The normalized spacial score (nSPS) is 10.6. The summed E-state index contributed by atoms with van der Waals surface area (Å²) in [6, 6.07) is 18.0. The molecule has 1 amide bonds. The van der Waals surface area contributed by atoms with Gasteiger partial charge in [0.25, 0.3) is 0 Å². The minimum atomic E-state index is -0.000587. The lowest BCUT2D eigenvalue weighted by molar-refractivity contribution is -0.127. The van der Waals surface area contributed by atoms with Crippen LogP contribution in [0, 0.1) is 0 Å². The van der Waals surface area contributed by atoms with Crippen molar-refractivity contribution < 1.29 is 9.53 Å². The molecule has 0 unspecified atom stereocenters. The van der Waals surface area contributed by atoms with E-state index in [1.807, 2.05) is 54.6 Å². The molecule has 0 aliphatic rings. The molecule has 2 rings (SSSR count). The van der Waals surface area contributed by atoms with Gasteiger partial charge < -0.3 is 20.3 Å². The van der Waals surface area contributed by atoms with Gasteiger partial charge in [0, 0.05) is 20.6 Å². The fourth-order valence-corrected chi connectivity index (χ4v) is 2.36. The Morgan fingerprint density at radius 1 is 1.00 bits per heavy atom. The number of nitrogens with one attached hydrogen (secondary N) is 2.